The van der Waals surface area contributed by atoms with Crippen molar-refractivity contribution in [3.8, 4) is 0 Å². The number of nitrogens with zero attached hydrogens (tertiary/aromatic N) is 1. The van der Waals surface area contributed by atoms with Crippen molar-refractivity contribution in [1.29, 1.82) is 0 Å². The number of amides is 1. The summed E-state index contributed by atoms with van der Waals surface area (Å²) in [6.45, 7) is 1.89. The molecular weight excluding hydrogens is 276 g/mol. The fourth-order valence-electron chi connectivity index (χ4n) is 2.07. The lowest BCUT2D eigenvalue weighted by Crippen LogP contribution is -2.36. The first-order chi connectivity index (χ1) is 10.7. The van der Waals surface area contributed by atoms with E-state index in [1.165, 1.54) is 5.56 Å². The summed E-state index contributed by atoms with van der Waals surface area (Å²) in [5, 5.41) is 6.68. The number of carbonyl (C=O) groups is 1. The Hall–Kier alpha value is -2.62. The summed E-state index contributed by atoms with van der Waals surface area (Å²) in [5.41, 5.74) is 2.12. The molecule has 0 aromatic heterocycles. The Morgan fingerprint density at radius 2 is 1.77 bits per heavy atom. The molecule has 1 unspecified atom stereocenters. The molecule has 2 aromatic carbocycles. The van der Waals surface area contributed by atoms with Crippen LogP contribution in [0.3, 0.4) is 0 Å². The fraction of sp³-hybridized carbons (Fsp3) is 0.222. The molecular formula is C18H20N2O2. The highest BCUT2D eigenvalue weighted by molar-refractivity contribution is 5.79. The number of rotatable bonds is 7. The van der Waals surface area contributed by atoms with Gasteiger partial charge in [-0.05, 0) is 24.5 Å². The van der Waals surface area contributed by atoms with Gasteiger partial charge in [-0.15, -0.1) is 0 Å². The molecule has 22 heavy (non-hydrogen) atoms. The number of oxime groups is 1. The van der Waals surface area contributed by atoms with Gasteiger partial charge in [0.05, 0.1) is 6.21 Å². The molecule has 1 amide bonds. The van der Waals surface area contributed by atoms with Crippen molar-refractivity contribution in [3.05, 3.63) is 71.8 Å². The van der Waals surface area contributed by atoms with E-state index in [2.05, 4.69) is 10.5 Å². The highest BCUT2D eigenvalue weighted by Crippen LogP contribution is 2.02. The predicted octanol–water partition coefficient (Wildman–Crippen LogP) is 2.78. The number of hydrogen-bond acceptors (Lipinski definition) is 3. The van der Waals surface area contributed by atoms with E-state index in [1.807, 2.05) is 67.6 Å². The molecule has 0 saturated carbocycles. The fourth-order valence-corrected chi connectivity index (χ4v) is 2.07. The highest BCUT2D eigenvalue weighted by atomic mass is 16.6. The van der Waals surface area contributed by atoms with Crippen LogP contribution in [0.2, 0.25) is 0 Å². The molecule has 4 heteroatoms. The number of benzene rings is 2. The average Bonchev–Trinajstić information content (AvgIpc) is 2.53. The zero-order valence-electron chi connectivity index (χ0n) is 12.6. The first kappa shape index (κ1) is 15.8. The van der Waals surface area contributed by atoms with Crippen molar-refractivity contribution < 1.29 is 9.63 Å². The average molecular weight is 296 g/mol. The minimum absolute atomic E-state index is 0.0524. The van der Waals surface area contributed by atoms with Gasteiger partial charge in [0.25, 0.3) is 5.91 Å². The van der Waals surface area contributed by atoms with Crippen LogP contribution in [0.5, 0.6) is 0 Å². The van der Waals surface area contributed by atoms with Crippen molar-refractivity contribution in [2.45, 2.75) is 19.4 Å². The van der Waals surface area contributed by atoms with Crippen molar-refractivity contribution in [2.24, 2.45) is 5.16 Å². The maximum Gasteiger partial charge on any atom is 0.260 e. The Labute approximate surface area is 130 Å². The van der Waals surface area contributed by atoms with Gasteiger partial charge in [-0.2, -0.15) is 0 Å². The Morgan fingerprint density at radius 1 is 1.14 bits per heavy atom. The highest BCUT2D eigenvalue weighted by Gasteiger charge is 2.08. The van der Waals surface area contributed by atoms with Gasteiger partial charge >= 0.3 is 0 Å². The molecule has 4 nitrogen and oxygen atoms in total. The first-order valence-corrected chi connectivity index (χ1v) is 7.27. The minimum atomic E-state index is -0.173. The van der Waals surface area contributed by atoms with Crippen LogP contribution >= 0.6 is 0 Å². The lowest BCUT2D eigenvalue weighted by atomic mass is 10.1. The quantitative estimate of drug-likeness (QED) is 0.631. The summed E-state index contributed by atoms with van der Waals surface area (Å²) in [4.78, 5) is 16.8. The van der Waals surface area contributed by atoms with Crippen LogP contribution in [0.1, 0.15) is 18.1 Å². The smallest absolute Gasteiger partial charge is 0.260 e. The molecule has 0 radical (unpaired) electrons. The molecule has 0 bridgehead atoms. The van der Waals surface area contributed by atoms with Crippen LogP contribution in [0, 0.1) is 0 Å². The molecule has 0 saturated heterocycles. The zero-order valence-corrected chi connectivity index (χ0v) is 12.6. The van der Waals surface area contributed by atoms with Crippen LogP contribution in [0.25, 0.3) is 0 Å². The Morgan fingerprint density at radius 3 is 2.45 bits per heavy atom. The molecule has 0 heterocycles. The van der Waals surface area contributed by atoms with E-state index in [0.717, 1.165) is 12.0 Å². The Balaban J connectivity index is 1.68. The molecule has 1 atom stereocenters. The van der Waals surface area contributed by atoms with Gasteiger partial charge in [0, 0.05) is 6.04 Å². The molecule has 2 rings (SSSR count). The SMILES string of the molecule is CC(Cc1ccccc1)NC(=O)CO/N=C/c1ccccc1. The topological polar surface area (TPSA) is 50.7 Å². The zero-order chi connectivity index (χ0) is 15.6. The Bertz CT molecular complexity index is 597. The van der Waals surface area contributed by atoms with Gasteiger partial charge in [0.15, 0.2) is 6.61 Å². The van der Waals surface area contributed by atoms with Gasteiger partial charge in [-0.3, -0.25) is 4.79 Å². The van der Waals surface area contributed by atoms with Crippen LogP contribution in [0.4, 0.5) is 0 Å². The summed E-state index contributed by atoms with van der Waals surface area (Å²) in [5.74, 6) is -0.173. The third-order valence-electron chi connectivity index (χ3n) is 3.06. The number of carbonyl (C=O) groups excluding carboxylic acids is 1. The lowest BCUT2D eigenvalue weighted by molar-refractivity contribution is -0.126. The first-order valence-electron chi connectivity index (χ1n) is 7.27. The predicted molar refractivity (Wildman–Crippen MR) is 87.7 cm³/mol. The molecule has 114 valence electrons. The number of hydrogen-bond donors (Lipinski definition) is 1. The third kappa shape index (κ3) is 5.79. The monoisotopic (exact) mass is 296 g/mol. The van der Waals surface area contributed by atoms with Gasteiger partial charge in [0.1, 0.15) is 0 Å². The van der Waals surface area contributed by atoms with Crippen LogP contribution in [-0.4, -0.2) is 24.8 Å². The molecule has 1 N–H and O–H groups in total. The minimum Gasteiger partial charge on any atom is -0.386 e. The summed E-state index contributed by atoms with van der Waals surface area (Å²) >= 11 is 0. The van der Waals surface area contributed by atoms with E-state index in [0.29, 0.717) is 0 Å². The van der Waals surface area contributed by atoms with Crippen LogP contribution in [0.15, 0.2) is 65.8 Å². The molecule has 0 aliphatic carbocycles. The van der Waals surface area contributed by atoms with Crippen molar-refractivity contribution in [3.63, 3.8) is 0 Å². The summed E-state index contributed by atoms with van der Waals surface area (Å²) in [7, 11) is 0. The Kier molecular flexibility index (Phi) is 6.18. The normalized spacial score (nSPS) is 12.0. The second kappa shape index (κ2) is 8.62. The van der Waals surface area contributed by atoms with Gasteiger partial charge in [0.2, 0.25) is 0 Å². The van der Waals surface area contributed by atoms with Crippen LogP contribution in [-0.2, 0) is 16.1 Å². The second-order valence-electron chi connectivity index (χ2n) is 5.08. The standard InChI is InChI=1S/C18H20N2O2/c1-15(12-16-8-4-2-5-9-16)20-18(21)14-22-19-13-17-10-6-3-7-11-17/h2-11,13,15H,12,14H2,1H3,(H,20,21)/b19-13+. The lowest BCUT2D eigenvalue weighted by Gasteiger charge is -2.13. The number of nitrogens with one attached hydrogen (secondary N) is 1. The van der Waals surface area contributed by atoms with E-state index in [9.17, 15) is 4.79 Å². The second-order valence-corrected chi connectivity index (χ2v) is 5.08. The molecule has 0 spiro atoms. The molecule has 2 aromatic rings. The summed E-state index contributed by atoms with van der Waals surface area (Å²) in [6, 6.07) is 19.7. The van der Waals surface area contributed by atoms with Gasteiger partial charge in [-0.25, -0.2) is 0 Å². The molecule has 0 aliphatic rings. The van der Waals surface area contributed by atoms with Crippen molar-refractivity contribution in [1.82, 2.24) is 5.32 Å². The van der Waals surface area contributed by atoms with E-state index < -0.39 is 0 Å². The van der Waals surface area contributed by atoms with Gasteiger partial charge in [-0.1, -0.05) is 65.8 Å². The maximum atomic E-state index is 11.7. The largest absolute Gasteiger partial charge is 0.386 e. The van der Waals surface area contributed by atoms with E-state index in [-0.39, 0.29) is 18.6 Å². The van der Waals surface area contributed by atoms with Crippen LogP contribution < -0.4 is 5.32 Å². The van der Waals surface area contributed by atoms with E-state index in [4.69, 9.17) is 4.84 Å². The molecule has 0 fully saturated rings. The van der Waals surface area contributed by atoms with E-state index in [1.54, 1.807) is 6.21 Å². The van der Waals surface area contributed by atoms with Gasteiger partial charge < -0.3 is 10.2 Å². The summed E-state index contributed by atoms with van der Waals surface area (Å²) < 4.78 is 0. The van der Waals surface area contributed by atoms with Crippen molar-refractivity contribution >= 4 is 12.1 Å². The summed E-state index contributed by atoms with van der Waals surface area (Å²) in [6.07, 6.45) is 2.38. The third-order valence-corrected chi connectivity index (χ3v) is 3.06. The van der Waals surface area contributed by atoms with E-state index >= 15 is 0 Å². The molecule has 0 aliphatic heterocycles. The maximum absolute atomic E-state index is 11.7. The van der Waals surface area contributed by atoms with Crippen molar-refractivity contribution in [2.75, 3.05) is 6.61 Å².